The Bertz CT molecular complexity index is 713. The van der Waals surface area contributed by atoms with Gasteiger partial charge in [-0.05, 0) is 25.0 Å². The van der Waals surface area contributed by atoms with Crippen molar-refractivity contribution in [1.29, 1.82) is 0 Å². The van der Waals surface area contributed by atoms with Crippen LogP contribution in [-0.2, 0) is 4.74 Å². The maximum absolute atomic E-state index is 12.5. The molecule has 2 aliphatic rings. The van der Waals surface area contributed by atoms with Crippen LogP contribution in [0.1, 0.15) is 34.9 Å². The van der Waals surface area contributed by atoms with Gasteiger partial charge in [-0.15, -0.1) is 0 Å². The largest absolute Gasteiger partial charge is 0.378 e. The van der Waals surface area contributed by atoms with E-state index in [1.54, 1.807) is 17.3 Å². The number of hydrogen-bond acceptors (Lipinski definition) is 6. The third kappa shape index (κ3) is 3.48. The summed E-state index contributed by atoms with van der Waals surface area (Å²) in [6, 6.07) is 3.72. The van der Waals surface area contributed by atoms with Crippen LogP contribution in [0.15, 0.2) is 24.5 Å². The summed E-state index contributed by atoms with van der Waals surface area (Å²) >= 11 is 0. The highest BCUT2D eigenvalue weighted by Gasteiger charge is 2.26. The zero-order chi connectivity index (χ0) is 17.1. The predicted octanol–water partition coefficient (Wildman–Crippen LogP) is 1.06. The van der Waals surface area contributed by atoms with Gasteiger partial charge in [0.25, 0.3) is 5.91 Å². The molecule has 25 heavy (non-hydrogen) atoms. The highest BCUT2D eigenvalue weighted by molar-refractivity contribution is 5.92. The molecule has 4 rings (SSSR count). The van der Waals surface area contributed by atoms with Crippen LogP contribution >= 0.6 is 0 Å². The Kier molecular flexibility index (Phi) is 4.60. The van der Waals surface area contributed by atoms with Gasteiger partial charge in [-0.25, -0.2) is 9.97 Å². The van der Waals surface area contributed by atoms with Crippen LogP contribution in [0.4, 0.5) is 5.95 Å². The number of nitrogens with zero attached hydrogens (tertiary/aromatic N) is 5. The van der Waals surface area contributed by atoms with E-state index in [2.05, 4.69) is 25.1 Å². The van der Waals surface area contributed by atoms with E-state index >= 15 is 0 Å². The number of ether oxygens (including phenoxy) is 1. The quantitative estimate of drug-likeness (QED) is 0.897. The van der Waals surface area contributed by atoms with E-state index in [0.717, 1.165) is 37.6 Å². The molecule has 0 spiro atoms. The SMILES string of the molecule is O=C(c1cc(C2CCCN(c3ncccn3)C2)[nH]n1)N1CCOCC1. The molecule has 1 unspecified atom stereocenters. The molecule has 8 nitrogen and oxygen atoms in total. The van der Waals surface area contributed by atoms with Gasteiger partial charge in [-0.2, -0.15) is 5.10 Å². The average Bonchev–Trinajstić information content (AvgIpc) is 3.19. The fourth-order valence-corrected chi connectivity index (χ4v) is 3.45. The number of amides is 1. The first-order valence-corrected chi connectivity index (χ1v) is 8.75. The van der Waals surface area contributed by atoms with Gasteiger partial charge in [-0.3, -0.25) is 9.89 Å². The molecule has 1 N–H and O–H groups in total. The van der Waals surface area contributed by atoms with Crippen molar-refractivity contribution in [3.63, 3.8) is 0 Å². The van der Waals surface area contributed by atoms with Gasteiger partial charge in [-0.1, -0.05) is 0 Å². The minimum atomic E-state index is -0.0233. The third-order valence-corrected chi connectivity index (χ3v) is 4.81. The van der Waals surface area contributed by atoms with Gasteiger partial charge < -0.3 is 14.5 Å². The lowest BCUT2D eigenvalue weighted by molar-refractivity contribution is 0.0299. The Balaban J connectivity index is 1.45. The lowest BCUT2D eigenvalue weighted by Gasteiger charge is -2.32. The fourth-order valence-electron chi connectivity index (χ4n) is 3.45. The van der Waals surface area contributed by atoms with E-state index in [4.69, 9.17) is 4.74 Å². The summed E-state index contributed by atoms with van der Waals surface area (Å²) in [6.45, 7) is 4.23. The number of carbonyl (C=O) groups excluding carboxylic acids is 1. The average molecular weight is 342 g/mol. The number of aromatic amines is 1. The molecular weight excluding hydrogens is 320 g/mol. The molecule has 2 aromatic rings. The summed E-state index contributed by atoms with van der Waals surface area (Å²) in [7, 11) is 0. The standard InChI is InChI=1S/C17H22N6O2/c24-16(22-7-9-25-10-8-22)15-11-14(20-21-15)13-3-1-6-23(12-13)17-18-4-2-5-19-17/h2,4-5,11,13H,1,3,6-10,12H2,(H,20,21). The maximum atomic E-state index is 12.5. The third-order valence-electron chi connectivity index (χ3n) is 4.81. The van der Waals surface area contributed by atoms with Crippen LogP contribution < -0.4 is 4.90 Å². The Morgan fingerprint density at radius 3 is 2.80 bits per heavy atom. The normalized spacial score (nSPS) is 21.4. The highest BCUT2D eigenvalue weighted by atomic mass is 16.5. The summed E-state index contributed by atoms with van der Waals surface area (Å²) in [6.07, 6.45) is 5.66. The second kappa shape index (κ2) is 7.18. The van der Waals surface area contributed by atoms with E-state index in [-0.39, 0.29) is 5.91 Å². The topological polar surface area (TPSA) is 87.2 Å². The van der Waals surface area contributed by atoms with Gasteiger partial charge in [0.1, 0.15) is 5.69 Å². The molecule has 2 aromatic heterocycles. The number of aromatic nitrogens is 4. The van der Waals surface area contributed by atoms with Crippen LogP contribution in [0.3, 0.4) is 0 Å². The molecule has 1 atom stereocenters. The Labute approximate surface area is 146 Å². The molecule has 0 aliphatic carbocycles. The number of nitrogens with one attached hydrogen (secondary N) is 1. The molecule has 132 valence electrons. The van der Waals surface area contributed by atoms with E-state index in [1.807, 2.05) is 12.1 Å². The second-order valence-corrected chi connectivity index (χ2v) is 6.45. The van der Waals surface area contributed by atoms with Crippen molar-refractivity contribution in [3.8, 4) is 0 Å². The van der Waals surface area contributed by atoms with Gasteiger partial charge in [0, 0.05) is 50.2 Å². The lowest BCUT2D eigenvalue weighted by Crippen LogP contribution is -2.40. The number of carbonyl (C=O) groups is 1. The van der Waals surface area contributed by atoms with Gasteiger partial charge >= 0.3 is 0 Å². The number of rotatable bonds is 3. The maximum Gasteiger partial charge on any atom is 0.274 e. The molecule has 0 aromatic carbocycles. The van der Waals surface area contributed by atoms with Gasteiger partial charge in [0.15, 0.2) is 0 Å². The molecule has 2 fully saturated rings. The van der Waals surface area contributed by atoms with Crippen LogP contribution in [0, 0.1) is 0 Å². The summed E-state index contributed by atoms with van der Waals surface area (Å²) < 4.78 is 5.30. The molecule has 0 radical (unpaired) electrons. The first-order valence-electron chi connectivity index (χ1n) is 8.75. The molecule has 8 heteroatoms. The monoisotopic (exact) mass is 342 g/mol. The van der Waals surface area contributed by atoms with Crippen LogP contribution in [0.25, 0.3) is 0 Å². The zero-order valence-electron chi connectivity index (χ0n) is 14.1. The Morgan fingerprint density at radius 2 is 2.00 bits per heavy atom. The van der Waals surface area contributed by atoms with Crippen molar-refractivity contribution in [2.24, 2.45) is 0 Å². The molecule has 4 heterocycles. The number of morpholine rings is 1. The minimum Gasteiger partial charge on any atom is -0.378 e. The van der Waals surface area contributed by atoms with E-state index in [0.29, 0.717) is 37.9 Å². The molecule has 0 bridgehead atoms. The first kappa shape index (κ1) is 16.0. The first-order chi connectivity index (χ1) is 12.3. The van der Waals surface area contributed by atoms with E-state index < -0.39 is 0 Å². The highest BCUT2D eigenvalue weighted by Crippen LogP contribution is 2.27. The zero-order valence-corrected chi connectivity index (χ0v) is 14.1. The second-order valence-electron chi connectivity index (χ2n) is 6.45. The number of hydrogen-bond donors (Lipinski definition) is 1. The summed E-state index contributed by atoms with van der Waals surface area (Å²) in [5, 5.41) is 7.33. The summed E-state index contributed by atoms with van der Waals surface area (Å²) in [5.41, 5.74) is 1.50. The molecular formula is C17H22N6O2. The van der Waals surface area contributed by atoms with Gasteiger partial charge in [0.05, 0.1) is 13.2 Å². The van der Waals surface area contributed by atoms with Crippen molar-refractivity contribution in [2.75, 3.05) is 44.3 Å². The smallest absolute Gasteiger partial charge is 0.274 e. The molecule has 2 saturated heterocycles. The minimum absolute atomic E-state index is 0.0233. The van der Waals surface area contributed by atoms with Crippen molar-refractivity contribution < 1.29 is 9.53 Å². The number of piperidine rings is 1. The van der Waals surface area contributed by atoms with Crippen molar-refractivity contribution >= 4 is 11.9 Å². The van der Waals surface area contributed by atoms with Crippen molar-refractivity contribution in [1.82, 2.24) is 25.1 Å². The van der Waals surface area contributed by atoms with Crippen LogP contribution in [-0.4, -0.2) is 70.4 Å². The van der Waals surface area contributed by atoms with Crippen LogP contribution in [0.5, 0.6) is 0 Å². The lowest BCUT2D eigenvalue weighted by atomic mass is 9.95. The number of H-pyrrole nitrogens is 1. The van der Waals surface area contributed by atoms with E-state index in [9.17, 15) is 4.79 Å². The molecule has 0 saturated carbocycles. The summed E-state index contributed by atoms with van der Waals surface area (Å²) in [4.78, 5) is 25.2. The Hall–Kier alpha value is -2.48. The van der Waals surface area contributed by atoms with Crippen LogP contribution in [0.2, 0.25) is 0 Å². The number of anilines is 1. The van der Waals surface area contributed by atoms with Crippen molar-refractivity contribution in [3.05, 3.63) is 35.9 Å². The molecule has 2 aliphatic heterocycles. The fraction of sp³-hybridized carbons (Fsp3) is 0.529. The molecule has 1 amide bonds. The Morgan fingerprint density at radius 1 is 1.20 bits per heavy atom. The van der Waals surface area contributed by atoms with E-state index in [1.165, 1.54) is 0 Å². The summed E-state index contributed by atoms with van der Waals surface area (Å²) in [5.74, 6) is 1.04. The predicted molar refractivity (Wildman–Crippen MR) is 91.5 cm³/mol. The van der Waals surface area contributed by atoms with Crippen molar-refractivity contribution in [2.45, 2.75) is 18.8 Å². The van der Waals surface area contributed by atoms with Gasteiger partial charge in [0.2, 0.25) is 5.95 Å².